The van der Waals surface area contributed by atoms with Gasteiger partial charge in [-0.2, -0.15) is 5.26 Å². The maximum atomic E-state index is 12.2. The molecule has 0 aliphatic heterocycles. The molecule has 406 valence electrons. The second-order valence-corrected chi connectivity index (χ2v) is 22.8. The minimum Gasteiger partial charge on any atom is -0.456 e. The highest BCUT2D eigenvalue weighted by molar-refractivity contribution is 6.31. The van der Waals surface area contributed by atoms with Crippen molar-refractivity contribution in [1.82, 2.24) is 13.7 Å². The number of furan rings is 3. The van der Waals surface area contributed by atoms with Crippen LogP contribution in [0.15, 0.2) is 274 Å². The summed E-state index contributed by atoms with van der Waals surface area (Å²) in [5, 5.41) is 24.0. The fraction of sp³-hybridized carbons (Fsp3) is 0. The van der Waals surface area contributed by atoms with E-state index >= 15 is 0 Å². The van der Waals surface area contributed by atoms with Crippen molar-refractivity contribution in [3.63, 3.8) is 0 Å². The molecular formula is C80H43N5O3. The number of fused-ring (bicyclic) bond motifs is 21. The van der Waals surface area contributed by atoms with Gasteiger partial charge >= 0.3 is 0 Å². The molecule has 19 aromatic rings. The summed E-state index contributed by atoms with van der Waals surface area (Å²) in [5.41, 5.74) is 18.8. The van der Waals surface area contributed by atoms with Crippen LogP contribution in [0.5, 0.6) is 0 Å². The van der Waals surface area contributed by atoms with E-state index in [1.807, 2.05) is 60.7 Å². The van der Waals surface area contributed by atoms with Gasteiger partial charge in [0.1, 0.15) is 39.6 Å². The van der Waals surface area contributed by atoms with Crippen LogP contribution in [-0.2, 0) is 0 Å². The second kappa shape index (κ2) is 18.1. The Balaban J connectivity index is 1.06. The summed E-state index contributed by atoms with van der Waals surface area (Å²) in [7, 11) is 0. The summed E-state index contributed by atoms with van der Waals surface area (Å²) in [5.74, 6) is 0. The summed E-state index contributed by atoms with van der Waals surface area (Å²) in [6.07, 6.45) is 0. The average Bonchev–Trinajstić information content (AvgIpc) is 1.65. The normalized spacial score (nSPS) is 12.1. The minimum absolute atomic E-state index is 0.305. The molecule has 0 unspecified atom stereocenters. The maximum absolute atomic E-state index is 12.2. The van der Waals surface area contributed by atoms with E-state index in [-0.39, 0.29) is 0 Å². The summed E-state index contributed by atoms with van der Waals surface area (Å²) in [4.78, 5) is 4.55. The lowest BCUT2D eigenvalue weighted by atomic mass is 10.0. The van der Waals surface area contributed by atoms with E-state index in [4.69, 9.17) is 13.3 Å². The second-order valence-electron chi connectivity index (χ2n) is 22.8. The van der Waals surface area contributed by atoms with Crippen molar-refractivity contribution in [1.29, 1.82) is 5.26 Å². The molecule has 8 heteroatoms. The first-order valence-electron chi connectivity index (χ1n) is 29.4. The summed E-state index contributed by atoms with van der Waals surface area (Å²) in [6.45, 7) is 9.49. The lowest BCUT2D eigenvalue weighted by Gasteiger charge is -2.24. The van der Waals surface area contributed by atoms with Gasteiger partial charge in [0.2, 0.25) is 5.69 Å². The molecule has 6 heterocycles. The third-order valence-electron chi connectivity index (χ3n) is 18.3. The number of hydrogen-bond donors (Lipinski definition) is 0. The molecule has 6 aromatic heterocycles. The SMILES string of the molecule is [C-]#[N+]c1cc(C#N)c(-n2c3ccc(-c4ccccc4)cc3c3c4c(ccc32)oc2ccccc24)c(-n2c3ccc(-c4ccccc4)cc3c3c4c(ccc32)oc2ccccc24)c1-n1c2ccc(-c3ccccc3)cc2c2c3c(ccc21)oc1ccccc13. The Labute approximate surface area is 500 Å². The highest BCUT2D eigenvalue weighted by atomic mass is 16.3. The van der Waals surface area contributed by atoms with Crippen molar-refractivity contribution < 1.29 is 13.3 Å². The highest BCUT2D eigenvalue weighted by Crippen LogP contribution is 2.52. The van der Waals surface area contributed by atoms with Crippen molar-refractivity contribution in [2.24, 2.45) is 0 Å². The van der Waals surface area contributed by atoms with Gasteiger partial charge in [-0.05, 0) is 130 Å². The zero-order valence-corrected chi connectivity index (χ0v) is 46.8. The van der Waals surface area contributed by atoms with Crippen molar-refractivity contribution in [2.75, 3.05) is 0 Å². The molecule has 0 N–H and O–H groups in total. The number of aromatic nitrogens is 3. The van der Waals surface area contributed by atoms with E-state index in [0.29, 0.717) is 28.3 Å². The molecule has 0 spiro atoms. The van der Waals surface area contributed by atoms with Gasteiger partial charge in [-0.15, -0.1) is 0 Å². The Morgan fingerprint density at radius 1 is 0.284 bits per heavy atom. The topological polar surface area (TPSA) is 82.4 Å². The minimum atomic E-state index is 0.305. The third-order valence-corrected chi connectivity index (χ3v) is 18.3. The molecule has 0 bridgehead atoms. The molecular weight excluding hydrogens is 1080 g/mol. The van der Waals surface area contributed by atoms with Gasteiger partial charge in [-0.3, -0.25) is 0 Å². The van der Waals surface area contributed by atoms with Crippen LogP contribution in [0.25, 0.3) is 187 Å². The van der Waals surface area contributed by atoms with E-state index < -0.39 is 0 Å². The van der Waals surface area contributed by atoms with Gasteiger partial charge in [-0.1, -0.05) is 164 Å². The van der Waals surface area contributed by atoms with Crippen LogP contribution in [0.2, 0.25) is 0 Å². The Bertz CT molecular complexity index is 6050. The first-order chi connectivity index (χ1) is 43.6. The van der Waals surface area contributed by atoms with Gasteiger partial charge in [0, 0.05) is 64.6 Å². The zero-order chi connectivity index (χ0) is 57.9. The number of nitrogens with zero attached hydrogens (tertiary/aromatic N) is 5. The third kappa shape index (κ3) is 6.60. The molecule has 0 atom stereocenters. The Morgan fingerprint density at radius 2 is 0.614 bits per heavy atom. The van der Waals surface area contributed by atoms with Gasteiger partial charge in [0.15, 0.2) is 0 Å². The van der Waals surface area contributed by atoms with E-state index in [0.717, 1.165) is 165 Å². The van der Waals surface area contributed by atoms with Gasteiger partial charge in [-0.25, -0.2) is 4.85 Å². The fourth-order valence-corrected chi connectivity index (χ4v) is 14.6. The molecule has 0 amide bonds. The van der Waals surface area contributed by atoms with Crippen molar-refractivity contribution in [3.05, 3.63) is 278 Å². The fourth-order valence-electron chi connectivity index (χ4n) is 14.6. The molecule has 88 heavy (non-hydrogen) atoms. The molecule has 0 fully saturated rings. The molecule has 8 nitrogen and oxygen atoms in total. The largest absolute Gasteiger partial charge is 0.456 e. The van der Waals surface area contributed by atoms with Crippen LogP contribution in [-0.4, -0.2) is 13.7 Å². The van der Waals surface area contributed by atoms with E-state index in [1.54, 1.807) is 0 Å². The number of hydrogen-bond acceptors (Lipinski definition) is 4. The monoisotopic (exact) mass is 1120 g/mol. The summed E-state index contributed by atoms with van der Waals surface area (Å²) >= 11 is 0. The van der Waals surface area contributed by atoms with Crippen molar-refractivity contribution in [3.8, 4) is 56.5 Å². The number of benzene rings is 13. The lowest BCUT2D eigenvalue weighted by Crippen LogP contribution is -2.11. The zero-order valence-electron chi connectivity index (χ0n) is 46.8. The first kappa shape index (κ1) is 48.1. The van der Waals surface area contributed by atoms with Crippen LogP contribution in [0.3, 0.4) is 0 Å². The van der Waals surface area contributed by atoms with Crippen molar-refractivity contribution >= 4 is 137 Å². The maximum Gasteiger partial charge on any atom is 0.214 e. The molecule has 13 aromatic carbocycles. The van der Waals surface area contributed by atoms with Crippen LogP contribution < -0.4 is 0 Å². The standard InChI is InChI=1S/C80H43N5O3/c1-82-59-44-52(45-81)78(83-60-32-29-49(46-17-5-2-6-18-46)41-56(60)72-63(83)35-38-69-75(72)53-23-11-14-26-66(53)86-69)80(85-62-34-31-51(48-21-9-4-10-22-48)43-58(62)74-65(85)37-40-71-77(74)55-25-13-16-28-68(55)88-71)79(59)84-61-33-30-50(47-19-7-3-8-20-47)42-57(61)73-64(84)36-39-70-76(73)54-24-12-15-27-67(54)87-70/h2-44H. The molecule has 0 aliphatic carbocycles. The first-order valence-corrected chi connectivity index (χ1v) is 29.4. The van der Waals surface area contributed by atoms with Crippen LogP contribution in [0.4, 0.5) is 5.69 Å². The summed E-state index contributed by atoms with van der Waals surface area (Å²) in [6, 6.07) is 93.4. The molecule has 0 saturated carbocycles. The van der Waals surface area contributed by atoms with Gasteiger partial charge < -0.3 is 27.0 Å². The molecule has 0 aliphatic rings. The van der Waals surface area contributed by atoms with Crippen LogP contribution in [0, 0.1) is 17.9 Å². The van der Waals surface area contributed by atoms with Crippen molar-refractivity contribution in [2.45, 2.75) is 0 Å². The molecule has 0 saturated heterocycles. The number of nitriles is 1. The van der Waals surface area contributed by atoms with E-state index in [1.165, 1.54) is 0 Å². The van der Waals surface area contributed by atoms with Gasteiger partial charge in [0.05, 0.1) is 62.3 Å². The molecule has 19 rings (SSSR count). The highest BCUT2D eigenvalue weighted by Gasteiger charge is 2.32. The predicted molar refractivity (Wildman–Crippen MR) is 359 cm³/mol. The number of para-hydroxylation sites is 3. The van der Waals surface area contributed by atoms with Gasteiger partial charge in [0.25, 0.3) is 0 Å². The van der Waals surface area contributed by atoms with E-state index in [9.17, 15) is 11.8 Å². The Kier molecular flexibility index (Phi) is 9.87. The van der Waals surface area contributed by atoms with E-state index in [2.05, 4.69) is 225 Å². The Morgan fingerprint density at radius 3 is 0.977 bits per heavy atom. The smallest absolute Gasteiger partial charge is 0.214 e. The Hall–Kier alpha value is -12.4. The van der Waals surface area contributed by atoms with Crippen LogP contribution in [0.1, 0.15) is 5.56 Å². The molecule has 0 radical (unpaired) electrons. The number of rotatable bonds is 6. The lowest BCUT2D eigenvalue weighted by molar-refractivity contribution is 0.669. The predicted octanol–water partition coefficient (Wildman–Crippen LogP) is 22.1. The average molecular weight is 1120 g/mol. The van der Waals surface area contributed by atoms with Crippen LogP contribution >= 0.6 is 0 Å². The summed E-state index contributed by atoms with van der Waals surface area (Å²) < 4.78 is 27.1. The quantitative estimate of drug-likeness (QED) is 0.155.